The van der Waals surface area contributed by atoms with Crippen LogP contribution in [0.3, 0.4) is 0 Å². The Hall–Kier alpha value is -1.36. The van der Waals surface area contributed by atoms with Crippen molar-refractivity contribution in [3.05, 3.63) is 12.7 Å². The molecule has 0 spiro atoms. The van der Waals surface area contributed by atoms with Crippen LogP contribution in [-0.2, 0) is 9.59 Å². The van der Waals surface area contributed by atoms with E-state index >= 15 is 0 Å². The minimum absolute atomic E-state index is 0.281. The SMILES string of the molecule is C=CCC(N)C(=O)N1CCC(CC)CC1C(=O)O. The molecule has 0 bridgehead atoms. The molecule has 1 amide bonds. The number of piperidine rings is 1. The second kappa shape index (κ2) is 6.54. The van der Waals surface area contributed by atoms with Crippen LogP contribution in [0, 0.1) is 5.92 Å². The molecule has 0 aromatic carbocycles. The lowest BCUT2D eigenvalue weighted by Crippen LogP contribution is -2.54. The maximum absolute atomic E-state index is 12.1. The van der Waals surface area contributed by atoms with E-state index in [1.807, 2.05) is 6.92 Å². The van der Waals surface area contributed by atoms with Crippen molar-refractivity contribution in [3.63, 3.8) is 0 Å². The van der Waals surface area contributed by atoms with E-state index in [2.05, 4.69) is 6.58 Å². The quantitative estimate of drug-likeness (QED) is 0.717. The molecule has 1 aliphatic rings. The van der Waals surface area contributed by atoms with E-state index in [4.69, 9.17) is 5.73 Å². The summed E-state index contributed by atoms with van der Waals surface area (Å²) in [5, 5.41) is 9.23. The second-order valence-electron chi connectivity index (χ2n) is 4.82. The molecule has 0 aliphatic carbocycles. The third-order valence-corrected chi connectivity index (χ3v) is 3.59. The first-order valence-corrected chi connectivity index (χ1v) is 6.41. The van der Waals surface area contributed by atoms with Crippen molar-refractivity contribution in [2.24, 2.45) is 11.7 Å². The summed E-state index contributed by atoms with van der Waals surface area (Å²) in [5.74, 6) is -0.838. The molecule has 1 heterocycles. The first-order chi connectivity index (χ1) is 8.51. The van der Waals surface area contributed by atoms with Crippen molar-refractivity contribution >= 4 is 11.9 Å². The molecule has 5 heteroatoms. The van der Waals surface area contributed by atoms with Gasteiger partial charge in [0.1, 0.15) is 6.04 Å². The molecule has 3 unspecified atom stereocenters. The molecule has 1 saturated heterocycles. The van der Waals surface area contributed by atoms with E-state index in [0.717, 1.165) is 12.8 Å². The monoisotopic (exact) mass is 254 g/mol. The minimum Gasteiger partial charge on any atom is -0.480 e. The number of nitrogens with zero attached hydrogens (tertiary/aromatic N) is 1. The van der Waals surface area contributed by atoms with Crippen LogP contribution in [0.15, 0.2) is 12.7 Å². The Labute approximate surface area is 108 Å². The summed E-state index contributed by atoms with van der Waals surface area (Å²) in [6.45, 7) is 6.07. The van der Waals surface area contributed by atoms with Crippen molar-refractivity contribution in [3.8, 4) is 0 Å². The van der Waals surface area contributed by atoms with E-state index in [-0.39, 0.29) is 5.91 Å². The van der Waals surface area contributed by atoms with E-state index in [9.17, 15) is 14.7 Å². The average Bonchev–Trinajstić information content (AvgIpc) is 2.37. The Morgan fingerprint density at radius 1 is 1.61 bits per heavy atom. The zero-order chi connectivity index (χ0) is 13.7. The van der Waals surface area contributed by atoms with Gasteiger partial charge >= 0.3 is 5.97 Å². The molecule has 0 radical (unpaired) electrons. The molecule has 1 fully saturated rings. The highest BCUT2D eigenvalue weighted by molar-refractivity contribution is 5.87. The lowest BCUT2D eigenvalue weighted by Gasteiger charge is -2.38. The molecule has 3 atom stereocenters. The Morgan fingerprint density at radius 2 is 2.28 bits per heavy atom. The van der Waals surface area contributed by atoms with Crippen LogP contribution in [0.5, 0.6) is 0 Å². The summed E-state index contributed by atoms with van der Waals surface area (Å²) in [6.07, 6.45) is 4.28. The lowest BCUT2D eigenvalue weighted by atomic mass is 9.88. The van der Waals surface area contributed by atoms with Gasteiger partial charge in [-0.05, 0) is 25.2 Å². The van der Waals surface area contributed by atoms with Crippen molar-refractivity contribution < 1.29 is 14.7 Å². The van der Waals surface area contributed by atoms with Crippen LogP contribution >= 0.6 is 0 Å². The number of aliphatic carboxylic acids is 1. The summed E-state index contributed by atoms with van der Waals surface area (Å²) in [4.78, 5) is 24.8. The molecule has 1 aliphatic heterocycles. The molecule has 0 aromatic heterocycles. The maximum Gasteiger partial charge on any atom is 0.326 e. The molecule has 0 saturated carbocycles. The zero-order valence-electron chi connectivity index (χ0n) is 10.8. The molecule has 3 N–H and O–H groups in total. The Bertz CT molecular complexity index is 330. The number of hydrogen-bond donors (Lipinski definition) is 2. The Balaban J connectivity index is 2.76. The minimum atomic E-state index is -0.938. The normalized spacial score (nSPS) is 25.6. The van der Waals surface area contributed by atoms with Gasteiger partial charge in [0.05, 0.1) is 6.04 Å². The molecule has 5 nitrogen and oxygen atoms in total. The molecular formula is C13H22N2O3. The third kappa shape index (κ3) is 3.32. The van der Waals surface area contributed by atoms with Gasteiger partial charge in [0.15, 0.2) is 0 Å². The number of hydrogen-bond acceptors (Lipinski definition) is 3. The predicted octanol–water partition coefficient (Wildman–Crippen LogP) is 0.992. The van der Waals surface area contributed by atoms with Gasteiger partial charge in [0.25, 0.3) is 0 Å². The largest absolute Gasteiger partial charge is 0.480 e. The summed E-state index contributed by atoms with van der Waals surface area (Å²) in [5.41, 5.74) is 5.73. The van der Waals surface area contributed by atoms with E-state index in [1.165, 1.54) is 4.90 Å². The summed E-state index contributed by atoms with van der Waals surface area (Å²) < 4.78 is 0. The van der Waals surface area contributed by atoms with Crippen molar-refractivity contribution in [1.29, 1.82) is 0 Å². The average molecular weight is 254 g/mol. The van der Waals surface area contributed by atoms with Gasteiger partial charge in [-0.15, -0.1) is 6.58 Å². The lowest BCUT2D eigenvalue weighted by molar-refractivity contribution is -0.153. The summed E-state index contributed by atoms with van der Waals surface area (Å²) >= 11 is 0. The highest BCUT2D eigenvalue weighted by Crippen LogP contribution is 2.26. The smallest absolute Gasteiger partial charge is 0.326 e. The maximum atomic E-state index is 12.1. The van der Waals surface area contributed by atoms with Crippen LogP contribution in [-0.4, -0.2) is 40.5 Å². The van der Waals surface area contributed by atoms with Crippen LogP contribution in [0.25, 0.3) is 0 Å². The van der Waals surface area contributed by atoms with Crippen molar-refractivity contribution in [2.45, 2.75) is 44.7 Å². The highest BCUT2D eigenvalue weighted by Gasteiger charge is 2.36. The number of carboxylic acid groups (broad SMARTS) is 1. The van der Waals surface area contributed by atoms with Crippen molar-refractivity contribution in [2.75, 3.05) is 6.54 Å². The summed E-state index contributed by atoms with van der Waals surface area (Å²) in [6, 6.07) is -1.41. The number of likely N-dealkylation sites (tertiary alicyclic amines) is 1. The van der Waals surface area contributed by atoms with Gasteiger partial charge in [0.2, 0.25) is 5.91 Å². The third-order valence-electron chi connectivity index (χ3n) is 3.59. The van der Waals surface area contributed by atoms with Gasteiger partial charge < -0.3 is 15.7 Å². The zero-order valence-corrected chi connectivity index (χ0v) is 10.8. The van der Waals surface area contributed by atoms with E-state index in [1.54, 1.807) is 6.08 Å². The fourth-order valence-corrected chi connectivity index (χ4v) is 2.40. The van der Waals surface area contributed by atoms with Gasteiger partial charge in [-0.2, -0.15) is 0 Å². The second-order valence-corrected chi connectivity index (χ2v) is 4.82. The van der Waals surface area contributed by atoms with Gasteiger partial charge in [0, 0.05) is 6.54 Å². The highest BCUT2D eigenvalue weighted by atomic mass is 16.4. The number of nitrogens with two attached hydrogens (primary N) is 1. The van der Waals surface area contributed by atoms with Crippen LogP contribution in [0.2, 0.25) is 0 Å². The molecule has 102 valence electrons. The van der Waals surface area contributed by atoms with Gasteiger partial charge in [-0.3, -0.25) is 4.79 Å². The molecule has 1 rings (SSSR count). The van der Waals surface area contributed by atoms with Crippen LogP contribution < -0.4 is 5.73 Å². The first-order valence-electron chi connectivity index (χ1n) is 6.41. The number of amides is 1. The Morgan fingerprint density at radius 3 is 2.78 bits per heavy atom. The number of carbonyl (C=O) groups excluding carboxylic acids is 1. The summed E-state index contributed by atoms with van der Waals surface area (Å²) in [7, 11) is 0. The fraction of sp³-hybridized carbons (Fsp3) is 0.692. The molecular weight excluding hydrogens is 232 g/mol. The number of carbonyl (C=O) groups is 2. The Kier molecular flexibility index (Phi) is 5.34. The van der Waals surface area contributed by atoms with E-state index in [0.29, 0.717) is 25.3 Å². The standard InChI is InChI=1S/C13H22N2O3/c1-3-5-10(14)12(16)15-7-6-9(4-2)8-11(15)13(17)18/h3,9-11H,1,4-8,14H2,2H3,(H,17,18). The number of carboxylic acids is 1. The first kappa shape index (κ1) is 14.7. The molecule has 0 aromatic rings. The van der Waals surface area contributed by atoms with Gasteiger partial charge in [-0.1, -0.05) is 19.4 Å². The van der Waals surface area contributed by atoms with Crippen molar-refractivity contribution in [1.82, 2.24) is 4.90 Å². The molecule has 18 heavy (non-hydrogen) atoms. The number of rotatable bonds is 5. The van der Waals surface area contributed by atoms with Crippen LogP contribution in [0.4, 0.5) is 0 Å². The van der Waals surface area contributed by atoms with Gasteiger partial charge in [-0.25, -0.2) is 4.79 Å². The van der Waals surface area contributed by atoms with E-state index < -0.39 is 18.1 Å². The fourth-order valence-electron chi connectivity index (χ4n) is 2.40. The topological polar surface area (TPSA) is 83.6 Å². The van der Waals surface area contributed by atoms with Crippen LogP contribution in [0.1, 0.15) is 32.6 Å². The predicted molar refractivity (Wildman–Crippen MR) is 68.9 cm³/mol.